The van der Waals surface area contributed by atoms with Gasteiger partial charge in [0.1, 0.15) is 0 Å². The molecule has 0 aliphatic rings. The lowest BCUT2D eigenvalue weighted by atomic mass is 10.4. The van der Waals surface area contributed by atoms with Crippen LogP contribution in [0.15, 0.2) is 50.4 Å². The van der Waals surface area contributed by atoms with Crippen LogP contribution in [0.3, 0.4) is 0 Å². The number of aliphatic hydroxyl groups is 1. The third kappa shape index (κ3) is 3.35. The summed E-state index contributed by atoms with van der Waals surface area (Å²) >= 11 is 3.09. The molecular weight excluding hydrogens is 288 g/mol. The van der Waals surface area contributed by atoms with Crippen LogP contribution in [0.1, 0.15) is 4.88 Å². The third-order valence-corrected chi connectivity index (χ3v) is 5.60. The van der Waals surface area contributed by atoms with E-state index in [4.69, 9.17) is 5.11 Å². The quantitative estimate of drug-likeness (QED) is 0.943. The first-order chi connectivity index (χ1) is 8.49. The van der Waals surface area contributed by atoms with Gasteiger partial charge in [-0.15, -0.1) is 11.3 Å². The molecule has 0 radical (unpaired) electrons. The molecular formula is C12H12O3S3. The Morgan fingerprint density at radius 2 is 1.83 bits per heavy atom. The van der Waals surface area contributed by atoms with Gasteiger partial charge in [-0.25, -0.2) is 8.42 Å². The highest BCUT2D eigenvalue weighted by Gasteiger charge is 2.07. The maximum atomic E-state index is 11.3. The molecule has 3 nitrogen and oxygen atoms in total. The van der Waals surface area contributed by atoms with E-state index in [1.54, 1.807) is 36.0 Å². The topological polar surface area (TPSA) is 54.4 Å². The van der Waals surface area contributed by atoms with Crippen molar-refractivity contribution in [2.75, 3.05) is 6.26 Å². The van der Waals surface area contributed by atoms with E-state index in [1.807, 2.05) is 12.1 Å². The Morgan fingerprint density at radius 3 is 2.33 bits per heavy atom. The molecule has 1 heterocycles. The maximum absolute atomic E-state index is 11.3. The Morgan fingerprint density at radius 1 is 1.17 bits per heavy atom. The van der Waals surface area contributed by atoms with E-state index in [9.17, 15) is 8.42 Å². The van der Waals surface area contributed by atoms with Gasteiger partial charge in [0.2, 0.25) is 0 Å². The van der Waals surface area contributed by atoms with E-state index in [0.29, 0.717) is 4.90 Å². The molecule has 0 fully saturated rings. The van der Waals surface area contributed by atoms with Crippen molar-refractivity contribution in [1.82, 2.24) is 0 Å². The highest BCUT2D eigenvalue weighted by molar-refractivity contribution is 8.01. The van der Waals surface area contributed by atoms with Crippen molar-refractivity contribution in [3.63, 3.8) is 0 Å². The molecule has 0 aliphatic heterocycles. The highest BCUT2D eigenvalue weighted by atomic mass is 32.2. The Labute approximate surface area is 114 Å². The van der Waals surface area contributed by atoms with Crippen LogP contribution in [0.25, 0.3) is 0 Å². The van der Waals surface area contributed by atoms with Gasteiger partial charge in [0.05, 0.1) is 15.7 Å². The van der Waals surface area contributed by atoms with Crippen molar-refractivity contribution >= 4 is 32.9 Å². The second-order valence-electron chi connectivity index (χ2n) is 3.72. The van der Waals surface area contributed by atoms with E-state index in [1.165, 1.54) is 17.6 Å². The Balaban J connectivity index is 2.15. The number of sulfone groups is 1. The molecule has 96 valence electrons. The second kappa shape index (κ2) is 5.44. The van der Waals surface area contributed by atoms with Crippen LogP contribution >= 0.6 is 23.1 Å². The molecule has 1 aromatic carbocycles. The summed E-state index contributed by atoms with van der Waals surface area (Å²) in [4.78, 5) is 2.23. The number of hydrogen-bond acceptors (Lipinski definition) is 5. The van der Waals surface area contributed by atoms with Crippen LogP contribution in [0.4, 0.5) is 0 Å². The number of aliphatic hydroxyl groups excluding tert-OH is 1. The number of thiophene rings is 1. The number of hydrogen-bond donors (Lipinski definition) is 1. The van der Waals surface area contributed by atoms with Gasteiger partial charge in [-0.3, -0.25) is 0 Å². The van der Waals surface area contributed by atoms with Gasteiger partial charge in [0.25, 0.3) is 0 Å². The van der Waals surface area contributed by atoms with Gasteiger partial charge >= 0.3 is 0 Å². The minimum absolute atomic E-state index is 0.0538. The van der Waals surface area contributed by atoms with Crippen molar-refractivity contribution in [2.45, 2.75) is 20.6 Å². The van der Waals surface area contributed by atoms with Gasteiger partial charge in [-0.05, 0) is 36.4 Å². The molecule has 0 amide bonds. The SMILES string of the molecule is CS(=O)(=O)c1ccc(Sc2ccc(CO)s2)cc1. The average Bonchev–Trinajstić information content (AvgIpc) is 2.76. The Bertz CT molecular complexity index is 627. The fraction of sp³-hybridized carbons (Fsp3) is 0.167. The summed E-state index contributed by atoms with van der Waals surface area (Å²) in [6, 6.07) is 10.6. The Hall–Kier alpha value is -0.820. The van der Waals surface area contributed by atoms with E-state index in [-0.39, 0.29) is 6.61 Å². The zero-order valence-corrected chi connectivity index (χ0v) is 12.1. The van der Waals surface area contributed by atoms with Crippen LogP contribution in [0, 0.1) is 0 Å². The summed E-state index contributed by atoms with van der Waals surface area (Å²) in [6.07, 6.45) is 1.20. The lowest BCUT2D eigenvalue weighted by molar-refractivity contribution is 0.285. The molecule has 0 atom stereocenters. The molecule has 1 N–H and O–H groups in total. The van der Waals surface area contributed by atoms with Crippen molar-refractivity contribution < 1.29 is 13.5 Å². The molecule has 0 unspecified atom stereocenters. The third-order valence-electron chi connectivity index (χ3n) is 2.26. The molecule has 1 aromatic heterocycles. The van der Waals surface area contributed by atoms with E-state index < -0.39 is 9.84 Å². The molecule has 0 aliphatic carbocycles. The monoisotopic (exact) mass is 300 g/mol. The lowest BCUT2D eigenvalue weighted by Crippen LogP contribution is -1.95. The summed E-state index contributed by atoms with van der Waals surface area (Å²) in [5.74, 6) is 0. The average molecular weight is 300 g/mol. The largest absolute Gasteiger partial charge is 0.391 e. The second-order valence-corrected chi connectivity index (χ2v) is 8.28. The molecule has 0 bridgehead atoms. The summed E-state index contributed by atoms with van der Waals surface area (Å²) < 4.78 is 23.7. The zero-order valence-electron chi connectivity index (χ0n) is 9.66. The standard InChI is InChI=1S/C12H12O3S3/c1-18(14,15)11-5-2-9(3-6-11)16-12-7-4-10(8-13)17-12/h2-7,13H,8H2,1H3. The maximum Gasteiger partial charge on any atom is 0.175 e. The van der Waals surface area contributed by atoms with Crippen molar-refractivity contribution in [1.29, 1.82) is 0 Å². The van der Waals surface area contributed by atoms with Gasteiger partial charge in [0, 0.05) is 16.0 Å². The van der Waals surface area contributed by atoms with Crippen molar-refractivity contribution in [3.05, 3.63) is 41.3 Å². The molecule has 0 saturated carbocycles. The molecule has 2 rings (SSSR count). The molecule has 2 aromatic rings. The van der Waals surface area contributed by atoms with Crippen molar-refractivity contribution in [3.8, 4) is 0 Å². The summed E-state index contributed by atoms with van der Waals surface area (Å²) in [5, 5.41) is 8.98. The van der Waals surface area contributed by atoms with Gasteiger partial charge in [-0.1, -0.05) is 11.8 Å². The van der Waals surface area contributed by atoms with Crippen LogP contribution in [0.5, 0.6) is 0 Å². The predicted molar refractivity (Wildman–Crippen MR) is 73.9 cm³/mol. The predicted octanol–water partition coefficient (Wildman–Crippen LogP) is 2.80. The molecule has 0 saturated heterocycles. The highest BCUT2D eigenvalue weighted by Crippen LogP contribution is 2.33. The van der Waals surface area contributed by atoms with Gasteiger partial charge < -0.3 is 5.11 Å². The fourth-order valence-electron chi connectivity index (χ4n) is 1.37. The first-order valence-corrected chi connectivity index (χ1v) is 8.69. The molecule has 6 heteroatoms. The molecule has 18 heavy (non-hydrogen) atoms. The van der Waals surface area contributed by atoms with Crippen molar-refractivity contribution in [2.24, 2.45) is 0 Å². The van der Waals surface area contributed by atoms with Crippen LogP contribution in [0.2, 0.25) is 0 Å². The lowest BCUT2D eigenvalue weighted by Gasteiger charge is -2.01. The first kappa shape index (κ1) is 13.6. The zero-order chi connectivity index (χ0) is 13.2. The summed E-state index contributed by atoms with van der Waals surface area (Å²) in [7, 11) is -3.13. The number of benzene rings is 1. The summed E-state index contributed by atoms with van der Waals surface area (Å²) in [6.45, 7) is 0.0538. The summed E-state index contributed by atoms with van der Waals surface area (Å²) in [5.41, 5.74) is 0. The molecule has 0 spiro atoms. The van der Waals surface area contributed by atoms with Gasteiger partial charge in [-0.2, -0.15) is 0 Å². The van der Waals surface area contributed by atoms with Crippen LogP contribution in [-0.2, 0) is 16.4 Å². The van der Waals surface area contributed by atoms with E-state index >= 15 is 0 Å². The minimum Gasteiger partial charge on any atom is -0.391 e. The number of rotatable bonds is 4. The van der Waals surface area contributed by atoms with Gasteiger partial charge in [0.15, 0.2) is 9.84 Å². The van der Waals surface area contributed by atoms with E-state index in [0.717, 1.165) is 14.0 Å². The normalized spacial score (nSPS) is 11.7. The van der Waals surface area contributed by atoms with Crippen LogP contribution < -0.4 is 0 Å². The Kier molecular flexibility index (Phi) is 4.11. The first-order valence-electron chi connectivity index (χ1n) is 5.16. The smallest absolute Gasteiger partial charge is 0.175 e. The minimum atomic E-state index is -3.13. The van der Waals surface area contributed by atoms with Crippen LogP contribution in [-0.4, -0.2) is 19.8 Å². The fourth-order valence-corrected chi connectivity index (χ4v) is 4.01. The van der Waals surface area contributed by atoms with E-state index in [2.05, 4.69) is 0 Å².